The molecule has 0 spiro atoms. The third-order valence-electron chi connectivity index (χ3n) is 3.56. The standard InChI is InChI=1S/C17H10N4OS3/c1-23-17-20-12-7-6-11-13(14(12)25-17)24-16(19-11)21-15(22)10-4-2-9(8-18)3-5-10/h2-7H,1H3,(H,19,21,22). The zero-order chi connectivity index (χ0) is 17.4. The summed E-state index contributed by atoms with van der Waals surface area (Å²) in [6.07, 6.45) is 2.00. The molecule has 4 rings (SSSR count). The second-order valence-corrected chi connectivity index (χ2v) is 8.16. The predicted molar refractivity (Wildman–Crippen MR) is 104 cm³/mol. The van der Waals surface area contributed by atoms with Crippen molar-refractivity contribution in [3.8, 4) is 6.07 Å². The van der Waals surface area contributed by atoms with Crippen LogP contribution in [0.5, 0.6) is 0 Å². The third-order valence-corrected chi connectivity index (χ3v) is 6.77. The molecule has 0 aliphatic carbocycles. The first kappa shape index (κ1) is 16.0. The zero-order valence-corrected chi connectivity index (χ0v) is 15.4. The topological polar surface area (TPSA) is 78.7 Å². The SMILES string of the molecule is CSc1nc2ccc3nc(NC(=O)c4ccc(C#N)cc4)sc3c2s1. The van der Waals surface area contributed by atoms with E-state index in [1.807, 2.05) is 24.5 Å². The van der Waals surface area contributed by atoms with Crippen LogP contribution in [0.2, 0.25) is 0 Å². The minimum Gasteiger partial charge on any atom is -0.298 e. The van der Waals surface area contributed by atoms with Crippen molar-refractivity contribution in [1.29, 1.82) is 5.26 Å². The van der Waals surface area contributed by atoms with Crippen LogP contribution in [0.15, 0.2) is 40.7 Å². The van der Waals surface area contributed by atoms with E-state index < -0.39 is 0 Å². The molecule has 8 heteroatoms. The van der Waals surface area contributed by atoms with Gasteiger partial charge < -0.3 is 0 Å². The van der Waals surface area contributed by atoms with Gasteiger partial charge in [0.1, 0.15) is 0 Å². The lowest BCUT2D eigenvalue weighted by atomic mass is 10.1. The minimum absolute atomic E-state index is 0.242. The first-order chi connectivity index (χ1) is 12.2. The lowest BCUT2D eigenvalue weighted by Gasteiger charge is -2.01. The molecule has 0 unspecified atom stereocenters. The van der Waals surface area contributed by atoms with E-state index in [2.05, 4.69) is 15.3 Å². The normalized spacial score (nSPS) is 10.9. The first-order valence-electron chi connectivity index (χ1n) is 7.23. The Kier molecular flexibility index (Phi) is 4.13. The summed E-state index contributed by atoms with van der Waals surface area (Å²) in [5, 5.41) is 12.2. The molecule has 4 aromatic rings. The first-order valence-corrected chi connectivity index (χ1v) is 10.1. The Morgan fingerprint density at radius 1 is 1.08 bits per heavy atom. The fraction of sp³-hybridized carbons (Fsp3) is 0.0588. The summed E-state index contributed by atoms with van der Waals surface area (Å²) in [6.45, 7) is 0. The Morgan fingerprint density at radius 2 is 1.76 bits per heavy atom. The Bertz CT molecular complexity index is 1140. The Labute approximate surface area is 155 Å². The second kappa shape index (κ2) is 6.44. The monoisotopic (exact) mass is 382 g/mol. The van der Waals surface area contributed by atoms with Crippen molar-refractivity contribution in [2.24, 2.45) is 0 Å². The molecule has 0 aliphatic rings. The lowest BCUT2D eigenvalue weighted by Crippen LogP contribution is -2.11. The maximum atomic E-state index is 12.4. The van der Waals surface area contributed by atoms with Crippen molar-refractivity contribution in [1.82, 2.24) is 9.97 Å². The largest absolute Gasteiger partial charge is 0.298 e. The molecule has 0 bridgehead atoms. The summed E-state index contributed by atoms with van der Waals surface area (Å²) in [5.41, 5.74) is 2.82. The van der Waals surface area contributed by atoms with Gasteiger partial charge in [0, 0.05) is 5.56 Å². The van der Waals surface area contributed by atoms with Crippen molar-refractivity contribution in [2.45, 2.75) is 4.34 Å². The summed E-state index contributed by atoms with van der Waals surface area (Å²) in [5.74, 6) is -0.242. The molecule has 5 nitrogen and oxygen atoms in total. The van der Waals surface area contributed by atoms with E-state index >= 15 is 0 Å². The van der Waals surface area contributed by atoms with Crippen molar-refractivity contribution in [3.63, 3.8) is 0 Å². The van der Waals surface area contributed by atoms with Gasteiger partial charge in [-0.3, -0.25) is 10.1 Å². The predicted octanol–water partition coefficient (Wildman–Crippen LogP) is 4.75. The summed E-state index contributed by atoms with van der Waals surface area (Å²) < 4.78 is 3.14. The highest BCUT2D eigenvalue weighted by Crippen LogP contribution is 2.38. The van der Waals surface area contributed by atoms with Gasteiger partial charge in [0.2, 0.25) is 0 Å². The van der Waals surface area contributed by atoms with Crippen LogP contribution in [-0.2, 0) is 0 Å². The van der Waals surface area contributed by atoms with Crippen molar-refractivity contribution in [2.75, 3.05) is 11.6 Å². The number of amides is 1. The van der Waals surface area contributed by atoms with Gasteiger partial charge in [0.15, 0.2) is 9.47 Å². The molecular formula is C17H10N4OS3. The number of hydrogen-bond donors (Lipinski definition) is 1. The van der Waals surface area contributed by atoms with Gasteiger partial charge in [-0.25, -0.2) is 9.97 Å². The highest BCUT2D eigenvalue weighted by molar-refractivity contribution is 8.00. The highest BCUT2D eigenvalue weighted by atomic mass is 32.2. The van der Waals surface area contributed by atoms with Crippen LogP contribution < -0.4 is 5.32 Å². The highest BCUT2D eigenvalue weighted by Gasteiger charge is 2.14. The summed E-state index contributed by atoms with van der Waals surface area (Å²) >= 11 is 4.71. The molecule has 0 radical (unpaired) electrons. The van der Waals surface area contributed by atoms with Gasteiger partial charge in [0.25, 0.3) is 5.91 Å². The minimum atomic E-state index is -0.242. The van der Waals surface area contributed by atoms with Crippen molar-refractivity contribution in [3.05, 3.63) is 47.5 Å². The summed E-state index contributed by atoms with van der Waals surface area (Å²) in [4.78, 5) is 21.4. The number of nitrogens with zero attached hydrogens (tertiary/aromatic N) is 3. The van der Waals surface area contributed by atoms with Gasteiger partial charge in [-0.1, -0.05) is 23.1 Å². The van der Waals surface area contributed by atoms with Crippen LogP contribution in [0.1, 0.15) is 15.9 Å². The second-order valence-electron chi connectivity index (χ2n) is 5.11. The van der Waals surface area contributed by atoms with E-state index in [4.69, 9.17) is 5.26 Å². The number of nitriles is 1. The lowest BCUT2D eigenvalue weighted by molar-refractivity contribution is 0.102. The molecular weight excluding hydrogens is 372 g/mol. The third kappa shape index (κ3) is 2.98. The van der Waals surface area contributed by atoms with E-state index in [0.717, 1.165) is 24.8 Å². The van der Waals surface area contributed by atoms with E-state index in [1.165, 1.54) is 11.3 Å². The number of aromatic nitrogens is 2. The van der Waals surface area contributed by atoms with E-state index in [1.54, 1.807) is 47.4 Å². The molecule has 25 heavy (non-hydrogen) atoms. The summed E-state index contributed by atoms with van der Waals surface area (Å²) in [6, 6.07) is 12.4. The molecule has 0 saturated carbocycles. The number of fused-ring (bicyclic) bond motifs is 3. The molecule has 2 aromatic heterocycles. The fourth-order valence-electron chi connectivity index (χ4n) is 2.36. The molecule has 2 aromatic carbocycles. The van der Waals surface area contributed by atoms with Crippen molar-refractivity contribution >= 4 is 65.9 Å². The molecule has 1 amide bonds. The zero-order valence-electron chi connectivity index (χ0n) is 12.9. The molecule has 122 valence electrons. The van der Waals surface area contributed by atoms with Gasteiger partial charge in [-0.05, 0) is 42.7 Å². The Hall–Kier alpha value is -2.47. The van der Waals surface area contributed by atoms with E-state index in [9.17, 15) is 4.79 Å². The van der Waals surface area contributed by atoms with Crippen LogP contribution in [0.3, 0.4) is 0 Å². The molecule has 2 heterocycles. The smallest absolute Gasteiger partial charge is 0.257 e. The van der Waals surface area contributed by atoms with Crippen molar-refractivity contribution < 1.29 is 4.79 Å². The number of thiazole rings is 2. The Balaban J connectivity index is 1.67. The van der Waals surface area contributed by atoms with Crippen LogP contribution in [0, 0.1) is 11.3 Å². The maximum Gasteiger partial charge on any atom is 0.257 e. The van der Waals surface area contributed by atoms with Crippen LogP contribution in [0.25, 0.3) is 20.4 Å². The van der Waals surface area contributed by atoms with Gasteiger partial charge in [-0.2, -0.15) is 5.26 Å². The number of hydrogen-bond acceptors (Lipinski definition) is 7. The van der Waals surface area contributed by atoms with Crippen LogP contribution in [-0.4, -0.2) is 22.1 Å². The number of nitrogens with one attached hydrogen (secondary N) is 1. The van der Waals surface area contributed by atoms with Gasteiger partial charge >= 0.3 is 0 Å². The maximum absolute atomic E-state index is 12.4. The molecule has 0 saturated heterocycles. The average molecular weight is 382 g/mol. The molecule has 1 N–H and O–H groups in total. The number of benzene rings is 2. The van der Waals surface area contributed by atoms with Crippen LogP contribution in [0.4, 0.5) is 5.13 Å². The van der Waals surface area contributed by atoms with E-state index in [0.29, 0.717) is 16.3 Å². The molecule has 0 atom stereocenters. The van der Waals surface area contributed by atoms with Crippen LogP contribution >= 0.6 is 34.4 Å². The number of carbonyl (C=O) groups excluding carboxylic acids is 1. The number of carbonyl (C=O) groups is 1. The number of anilines is 1. The van der Waals surface area contributed by atoms with Gasteiger partial charge in [-0.15, -0.1) is 11.3 Å². The Morgan fingerprint density at radius 3 is 2.44 bits per heavy atom. The van der Waals surface area contributed by atoms with E-state index in [-0.39, 0.29) is 5.91 Å². The molecule has 0 fully saturated rings. The molecule has 0 aliphatic heterocycles. The fourth-order valence-corrected chi connectivity index (χ4v) is 5.01. The summed E-state index contributed by atoms with van der Waals surface area (Å²) in [7, 11) is 0. The number of rotatable bonds is 3. The quantitative estimate of drug-likeness (QED) is 0.517. The van der Waals surface area contributed by atoms with Gasteiger partial charge in [0.05, 0.1) is 32.1 Å². The number of thioether (sulfide) groups is 1. The average Bonchev–Trinajstić information content (AvgIpc) is 3.24.